The number of rotatable bonds is 4. The zero-order chi connectivity index (χ0) is 16.3. The maximum Gasteiger partial charge on any atom is 0.451 e. The van der Waals surface area contributed by atoms with Crippen molar-refractivity contribution in [1.29, 1.82) is 0 Å². The number of pyridine rings is 1. The van der Waals surface area contributed by atoms with Gasteiger partial charge in [0, 0.05) is 31.5 Å². The first kappa shape index (κ1) is 15.7. The largest absolute Gasteiger partial charge is 0.451 e. The molecule has 0 saturated heterocycles. The lowest BCUT2D eigenvalue weighted by molar-refractivity contribution is -0.147. The van der Waals surface area contributed by atoms with Gasteiger partial charge in [-0.05, 0) is 12.1 Å². The van der Waals surface area contributed by atoms with E-state index < -0.39 is 23.6 Å². The van der Waals surface area contributed by atoms with Crippen LogP contribution in [0.2, 0.25) is 0 Å². The normalized spacial score (nSPS) is 11.5. The van der Waals surface area contributed by atoms with Crippen LogP contribution in [0.1, 0.15) is 16.2 Å². The van der Waals surface area contributed by atoms with Crippen LogP contribution in [-0.2, 0) is 19.8 Å². The van der Waals surface area contributed by atoms with Gasteiger partial charge in [-0.25, -0.2) is 9.48 Å². The highest BCUT2D eigenvalue weighted by Crippen LogP contribution is 2.25. The molecule has 2 rings (SSSR count). The summed E-state index contributed by atoms with van der Waals surface area (Å²) in [6.45, 7) is -0.199. The van der Waals surface area contributed by atoms with Crippen LogP contribution in [0.15, 0.2) is 29.3 Å². The van der Waals surface area contributed by atoms with Crippen molar-refractivity contribution >= 4 is 5.91 Å². The number of hydrogen-bond acceptors (Lipinski definition) is 4. The van der Waals surface area contributed by atoms with E-state index >= 15 is 0 Å². The summed E-state index contributed by atoms with van der Waals surface area (Å²) in [6, 6.07) is 2.98. The molecular weight excluding hydrogens is 303 g/mol. The van der Waals surface area contributed by atoms with Gasteiger partial charge in [-0.3, -0.25) is 14.3 Å². The van der Waals surface area contributed by atoms with Crippen molar-refractivity contribution < 1.29 is 18.0 Å². The first-order valence-electron chi connectivity index (χ1n) is 6.20. The number of nitrogens with one attached hydrogen (secondary N) is 1. The first-order valence-corrected chi connectivity index (χ1v) is 6.20. The van der Waals surface area contributed by atoms with Gasteiger partial charge in [0.15, 0.2) is 0 Å². The Hall–Kier alpha value is -2.65. The van der Waals surface area contributed by atoms with Crippen molar-refractivity contribution in [1.82, 2.24) is 24.6 Å². The molecule has 10 heteroatoms. The lowest BCUT2D eigenvalue weighted by atomic mass is 10.2. The highest BCUT2D eigenvalue weighted by Gasteiger charge is 2.37. The molecule has 0 aliphatic rings. The quantitative estimate of drug-likeness (QED) is 0.887. The maximum atomic E-state index is 12.6. The molecular formula is C12H12F3N5O2. The topological polar surface area (TPSA) is 81.8 Å². The summed E-state index contributed by atoms with van der Waals surface area (Å²) < 4.78 is 38.9. The fourth-order valence-electron chi connectivity index (χ4n) is 1.76. The van der Waals surface area contributed by atoms with Crippen molar-refractivity contribution in [3.05, 3.63) is 46.4 Å². The molecule has 0 fully saturated rings. The lowest BCUT2D eigenvalue weighted by Crippen LogP contribution is -2.31. The lowest BCUT2D eigenvalue weighted by Gasteiger charge is -2.04. The van der Waals surface area contributed by atoms with Gasteiger partial charge in [0.25, 0.3) is 5.91 Å². The van der Waals surface area contributed by atoms with E-state index in [0.717, 1.165) is 7.05 Å². The van der Waals surface area contributed by atoms with Crippen LogP contribution in [-0.4, -0.2) is 31.8 Å². The standard InChI is InChI=1S/C12H12F3N5O2/c1-19-10(12(13,14)15)18-20(11(19)22)7-6-17-9(21)8-2-4-16-5-3-8/h2-5H,6-7H2,1H3,(H,17,21). The molecule has 0 saturated carbocycles. The first-order chi connectivity index (χ1) is 10.3. The van der Waals surface area contributed by atoms with E-state index in [0.29, 0.717) is 14.8 Å². The van der Waals surface area contributed by atoms with Crippen LogP contribution < -0.4 is 11.0 Å². The van der Waals surface area contributed by atoms with Gasteiger partial charge in [0.05, 0.1) is 6.54 Å². The van der Waals surface area contributed by atoms with Crippen LogP contribution in [0.3, 0.4) is 0 Å². The molecule has 2 heterocycles. The molecule has 1 N–H and O–H groups in total. The Bertz CT molecular complexity index is 721. The van der Waals surface area contributed by atoms with E-state index in [2.05, 4.69) is 15.4 Å². The second-order valence-electron chi connectivity index (χ2n) is 4.38. The maximum absolute atomic E-state index is 12.6. The number of amides is 1. The smallest absolute Gasteiger partial charge is 0.350 e. The zero-order valence-electron chi connectivity index (χ0n) is 11.5. The van der Waals surface area contributed by atoms with Crippen molar-refractivity contribution in [2.75, 3.05) is 6.54 Å². The molecule has 1 amide bonds. The van der Waals surface area contributed by atoms with E-state index in [1.807, 2.05) is 0 Å². The average molecular weight is 315 g/mol. The fourth-order valence-corrected chi connectivity index (χ4v) is 1.76. The zero-order valence-corrected chi connectivity index (χ0v) is 11.5. The SMILES string of the molecule is Cn1c(C(F)(F)F)nn(CCNC(=O)c2ccncc2)c1=O. The summed E-state index contributed by atoms with van der Waals surface area (Å²) in [5.74, 6) is -1.69. The molecule has 0 aromatic carbocycles. The average Bonchev–Trinajstić information content (AvgIpc) is 2.76. The summed E-state index contributed by atoms with van der Waals surface area (Å²) in [4.78, 5) is 27.1. The Kier molecular flexibility index (Phi) is 4.29. The number of halogens is 3. The number of aromatic nitrogens is 4. The number of carbonyl (C=O) groups is 1. The number of nitrogens with zero attached hydrogens (tertiary/aromatic N) is 4. The van der Waals surface area contributed by atoms with Crippen LogP contribution in [0, 0.1) is 0 Å². The monoisotopic (exact) mass is 315 g/mol. The van der Waals surface area contributed by atoms with Gasteiger partial charge in [-0.1, -0.05) is 0 Å². The summed E-state index contributed by atoms with van der Waals surface area (Å²) in [6.07, 6.45) is -1.83. The second-order valence-corrected chi connectivity index (χ2v) is 4.38. The molecule has 0 radical (unpaired) electrons. The molecule has 0 spiro atoms. The van der Waals surface area contributed by atoms with Crippen molar-refractivity contribution in [3.63, 3.8) is 0 Å². The van der Waals surface area contributed by atoms with E-state index in [1.54, 1.807) is 0 Å². The van der Waals surface area contributed by atoms with Crippen LogP contribution in [0.25, 0.3) is 0 Å². The third-order valence-electron chi connectivity index (χ3n) is 2.85. The minimum absolute atomic E-state index is 0.0324. The molecule has 2 aromatic rings. The number of alkyl halides is 3. The molecule has 0 unspecified atom stereocenters. The van der Waals surface area contributed by atoms with Crippen LogP contribution >= 0.6 is 0 Å². The highest BCUT2D eigenvalue weighted by molar-refractivity contribution is 5.93. The van der Waals surface area contributed by atoms with Gasteiger partial charge in [0.2, 0.25) is 5.82 Å². The molecule has 0 bridgehead atoms. The minimum Gasteiger partial charge on any atom is -0.350 e. The Balaban J connectivity index is 2.01. The highest BCUT2D eigenvalue weighted by atomic mass is 19.4. The molecule has 0 aliphatic heterocycles. The van der Waals surface area contributed by atoms with E-state index in [4.69, 9.17) is 0 Å². The number of carbonyl (C=O) groups excluding carboxylic acids is 1. The van der Waals surface area contributed by atoms with Crippen molar-refractivity contribution in [3.8, 4) is 0 Å². The molecule has 2 aromatic heterocycles. The predicted molar refractivity (Wildman–Crippen MR) is 69.0 cm³/mol. The summed E-state index contributed by atoms with van der Waals surface area (Å²) in [5, 5.41) is 5.72. The van der Waals surface area contributed by atoms with Gasteiger partial charge in [-0.15, -0.1) is 5.10 Å². The van der Waals surface area contributed by atoms with Gasteiger partial charge in [0.1, 0.15) is 0 Å². The van der Waals surface area contributed by atoms with Crippen molar-refractivity contribution in [2.45, 2.75) is 12.7 Å². The van der Waals surface area contributed by atoms with Crippen LogP contribution in [0.4, 0.5) is 13.2 Å². The Morgan fingerprint density at radius 1 is 1.32 bits per heavy atom. The van der Waals surface area contributed by atoms with E-state index in [-0.39, 0.29) is 13.1 Å². The summed E-state index contributed by atoms with van der Waals surface area (Å²) >= 11 is 0. The van der Waals surface area contributed by atoms with Gasteiger partial charge in [-0.2, -0.15) is 13.2 Å². The van der Waals surface area contributed by atoms with Gasteiger partial charge >= 0.3 is 11.9 Å². The molecule has 0 aliphatic carbocycles. The Labute approximate surface area is 122 Å². The minimum atomic E-state index is -4.71. The fraction of sp³-hybridized carbons (Fsp3) is 0.333. The van der Waals surface area contributed by atoms with Crippen LogP contribution in [0.5, 0.6) is 0 Å². The Morgan fingerprint density at radius 3 is 2.50 bits per heavy atom. The molecule has 22 heavy (non-hydrogen) atoms. The predicted octanol–water partition coefficient (Wildman–Crippen LogP) is 0.426. The molecule has 7 nitrogen and oxygen atoms in total. The van der Waals surface area contributed by atoms with E-state index in [1.165, 1.54) is 24.5 Å². The van der Waals surface area contributed by atoms with Crippen molar-refractivity contribution in [2.24, 2.45) is 7.05 Å². The Morgan fingerprint density at radius 2 is 1.95 bits per heavy atom. The third kappa shape index (κ3) is 3.32. The summed E-state index contributed by atoms with van der Waals surface area (Å²) in [5.41, 5.74) is -0.537. The summed E-state index contributed by atoms with van der Waals surface area (Å²) in [7, 11) is 0.990. The number of hydrogen-bond donors (Lipinski definition) is 1. The second kappa shape index (κ2) is 6.00. The van der Waals surface area contributed by atoms with E-state index in [9.17, 15) is 22.8 Å². The molecule has 118 valence electrons. The molecule has 0 atom stereocenters. The third-order valence-corrected chi connectivity index (χ3v) is 2.85. The van der Waals surface area contributed by atoms with Gasteiger partial charge < -0.3 is 5.32 Å².